The number of alkyl halides is 3. The van der Waals surface area contributed by atoms with Crippen molar-refractivity contribution in [3.05, 3.63) is 106 Å². The molecule has 2 aromatic heterocycles. The number of fused-ring (bicyclic) bond motifs is 10. The van der Waals surface area contributed by atoms with Crippen LogP contribution in [0.5, 0.6) is 0 Å². The van der Waals surface area contributed by atoms with E-state index in [1.165, 1.54) is 54.6 Å². The first-order valence-electron chi connectivity index (χ1n) is 9.73. The van der Waals surface area contributed by atoms with Gasteiger partial charge in [0.05, 0.1) is 28.6 Å². The first-order valence-corrected chi connectivity index (χ1v) is 9.73. The maximum atomic E-state index is 15.0. The number of hydrogen-bond acceptors (Lipinski definition) is 4. The van der Waals surface area contributed by atoms with Crippen LogP contribution in [0.1, 0.15) is 37.7 Å². The second-order valence-electron chi connectivity index (χ2n) is 7.33. The largest absolute Gasteiger partial charge is 2.00 e. The molecule has 0 aliphatic carbocycles. The molecule has 2 aromatic carbocycles. The van der Waals surface area contributed by atoms with Crippen LogP contribution >= 0.6 is 0 Å². The number of carbonyl (C=O) groups is 2. The molecule has 35 heavy (non-hydrogen) atoms. The van der Waals surface area contributed by atoms with Crippen molar-refractivity contribution in [1.82, 2.24) is 9.97 Å². The summed E-state index contributed by atoms with van der Waals surface area (Å²) in [4.78, 5) is 33.9. The van der Waals surface area contributed by atoms with Crippen LogP contribution < -0.4 is 0 Å². The molecule has 0 fully saturated rings. The first kappa shape index (κ1) is 24.5. The van der Waals surface area contributed by atoms with Crippen molar-refractivity contribution >= 4 is 11.6 Å². The van der Waals surface area contributed by atoms with Gasteiger partial charge in [0.25, 0.3) is 0 Å². The van der Waals surface area contributed by atoms with Crippen LogP contribution in [0.4, 0.5) is 22.0 Å². The molecule has 5 rings (SSSR count). The van der Waals surface area contributed by atoms with Gasteiger partial charge in [-0.25, -0.2) is 0 Å². The second kappa shape index (κ2) is 8.89. The van der Waals surface area contributed by atoms with Gasteiger partial charge in [-0.3, -0.25) is 18.7 Å². The molecule has 0 radical (unpaired) electrons. The molecule has 4 nitrogen and oxygen atoms in total. The molecule has 1 aliphatic rings. The fourth-order valence-electron chi connectivity index (χ4n) is 3.59. The smallest absolute Gasteiger partial charge is 0.333 e. The SMILES string of the molecule is O=C1c2[c-]c(ccc2)C(=O)c2cccc(n2)-c2[c-]c(c(F)c(C(F)(F)F)c2F)-c2cccc1n2.[Pt+2]. The van der Waals surface area contributed by atoms with Gasteiger partial charge in [-0.1, -0.05) is 46.5 Å². The molecular weight excluding hydrogens is 650 g/mol. The third-order valence-corrected chi connectivity index (χ3v) is 5.17. The van der Waals surface area contributed by atoms with Crippen LogP contribution in [-0.4, -0.2) is 21.5 Å². The van der Waals surface area contributed by atoms with Crippen LogP contribution in [0, 0.1) is 23.8 Å². The number of hydrogen-bond donors (Lipinski definition) is 0. The molecule has 10 heteroatoms. The number of halogens is 5. The van der Waals surface area contributed by atoms with E-state index in [1.54, 1.807) is 0 Å². The molecule has 3 heterocycles. The Balaban J connectivity index is 0.00000289. The first-order chi connectivity index (χ1) is 16.1. The average molecular weight is 659 g/mol. The number of carbonyl (C=O) groups excluding carboxylic acids is 2. The zero-order chi connectivity index (χ0) is 24.2. The summed E-state index contributed by atoms with van der Waals surface area (Å²) >= 11 is 0. The Morgan fingerprint density at radius 3 is 1.46 bits per heavy atom. The predicted octanol–water partition coefficient (Wildman–Crippen LogP) is 5.48. The van der Waals surface area contributed by atoms with E-state index in [0.29, 0.717) is 0 Å². The maximum absolute atomic E-state index is 15.0. The molecule has 4 aromatic rings. The van der Waals surface area contributed by atoms with E-state index in [-0.39, 0.29) is 55.0 Å². The second-order valence-corrected chi connectivity index (χ2v) is 7.33. The van der Waals surface area contributed by atoms with Crippen molar-refractivity contribution in [3.63, 3.8) is 0 Å². The van der Waals surface area contributed by atoms with E-state index in [0.717, 1.165) is 0 Å². The zero-order valence-electron chi connectivity index (χ0n) is 17.1. The van der Waals surface area contributed by atoms with E-state index in [4.69, 9.17) is 0 Å². The Hall–Kier alpha value is -3.58. The third-order valence-electron chi connectivity index (χ3n) is 5.17. The summed E-state index contributed by atoms with van der Waals surface area (Å²) in [6, 6.07) is 16.7. The molecule has 176 valence electrons. The quantitative estimate of drug-likeness (QED) is 0.163. The molecule has 0 saturated carbocycles. The van der Waals surface area contributed by atoms with Gasteiger partial charge in [-0.05, 0) is 12.1 Å². The van der Waals surface area contributed by atoms with Crippen LogP contribution in [-0.2, 0) is 27.2 Å². The molecule has 0 saturated heterocycles. The van der Waals surface area contributed by atoms with Gasteiger partial charge in [-0.2, -0.15) is 13.2 Å². The number of pyridine rings is 2. The van der Waals surface area contributed by atoms with Gasteiger partial charge in [-0.15, -0.1) is 30.3 Å². The van der Waals surface area contributed by atoms with Crippen LogP contribution in [0.2, 0.25) is 0 Å². The summed E-state index contributed by atoms with van der Waals surface area (Å²) in [5.41, 5.74) is -5.03. The average Bonchev–Trinajstić information content (AvgIpc) is 2.82. The fourth-order valence-corrected chi connectivity index (χ4v) is 3.59. The van der Waals surface area contributed by atoms with Crippen molar-refractivity contribution in [3.8, 4) is 22.5 Å². The van der Waals surface area contributed by atoms with Crippen molar-refractivity contribution in [2.24, 2.45) is 0 Å². The van der Waals surface area contributed by atoms with Gasteiger partial charge in [0, 0.05) is 11.4 Å². The summed E-state index contributed by atoms with van der Waals surface area (Å²) < 4.78 is 71.0. The minimum Gasteiger partial charge on any atom is -0.333 e. The van der Waals surface area contributed by atoms with Gasteiger partial charge in [0.1, 0.15) is 11.6 Å². The number of nitrogens with zero attached hydrogens (tertiary/aromatic N) is 2. The summed E-state index contributed by atoms with van der Waals surface area (Å²) in [5.74, 6) is -5.26. The molecule has 0 atom stereocenters. The van der Waals surface area contributed by atoms with E-state index in [2.05, 4.69) is 22.1 Å². The minimum absolute atomic E-state index is 0. The van der Waals surface area contributed by atoms with Crippen molar-refractivity contribution in [2.75, 3.05) is 0 Å². The Morgan fingerprint density at radius 2 is 1.03 bits per heavy atom. The topological polar surface area (TPSA) is 59.9 Å². The van der Waals surface area contributed by atoms with E-state index in [9.17, 15) is 22.8 Å². The van der Waals surface area contributed by atoms with Crippen LogP contribution in [0.3, 0.4) is 0 Å². The summed E-state index contributed by atoms with van der Waals surface area (Å²) in [5, 5.41) is 0. The van der Waals surface area contributed by atoms with Gasteiger partial charge in [0.2, 0.25) is 0 Å². The maximum Gasteiger partial charge on any atom is 2.00 e. The van der Waals surface area contributed by atoms with Crippen molar-refractivity contribution in [1.29, 1.82) is 0 Å². The monoisotopic (exact) mass is 659 g/mol. The van der Waals surface area contributed by atoms with Crippen LogP contribution in [0.25, 0.3) is 22.5 Å². The van der Waals surface area contributed by atoms with E-state index in [1.807, 2.05) is 0 Å². The zero-order valence-corrected chi connectivity index (χ0v) is 19.4. The number of rotatable bonds is 0. The van der Waals surface area contributed by atoms with Crippen molar-refractivity contribution < 1.29 is 52.6 Å². The molecule has 1 aliphatic heterocycles. The normalized spacial score (nSPS) is 12.6. The molecule has 0 amide bonds. The number of benzene rings is 2. The Kier molecular flexibility index (Phi) is 6.23. The minimum atomic E-state index is -5.40. The molecule has 0 unspecified atom stereocenters. The van der Waals surface area contributed by atoms with Gasteiger partial charge >= 0.3 is 27.2 Å². The van der Waals surface area contributed by atoms with Crippen molar-refractivity contribution in [2.45, 2.75) is 6.18 Å². The summed E-state index contributed by atoms with van der Waals surface area (Å²) in [6.45, 7) is 0. The van der Waals surface area contributed by atoms with E-state index < -0.39 is 46.1 Å². The third kappa shape index (κ3) is 4.21. The Bertz CT molecular complexity index is 1420. The fraction of sp³-hybridized carbons (Fsp3) is 0.0400. The summed E-state index contributed by atoms with van der Waals surface area (Å²) in [7, 11) is 0. The standard InChI is InChI=1S/C25H9F5N2O2.Pt/c26-21-14-11-15(22(27)20(21)25(28,29)30)17-7-3-9-19(32-17)24(34)13-5-1-4-12(10-13)23(33)18-8-2-6-16(14)31-18;/h1-9H;/q-2;+2. The van der Waals surface area contributed by atoms with Gasteiger partial charge in [0.15, 0.2) is 0 Å². The Morgan fingerprint density at radius 1 is 0.629 bits per heavy atom. The number of ketones is 2. The number of aromatic nitrogens is 2. The molecule has 0 spiro atoms. The van der Waals surface area contributed by atoms with E-state index >= 15 is 8.78 Å². The molecular formula is C25H9F5N2O2Pt. The summed E-state index contributed by atoms with van der Waals surface area (Å²) in [6.07, 6.45) is -5.40. The van der Waals surface area contributed by atoms with Gasteiger partial charge < -0.3 is 9.59 Å². The predicted molar refractivity (Wildman–Crippen MR) is 109 cm³/mol. The Labute approximate surface area is 209 Å². The van der Waals surface area contributed by atoms with Crippen LogP contribution in [0.15, 0.2) is 54.6 Å². The molecule has 0 N–H and O–H groups in total. The molecule has 8 bridgehead atoms.